The van der Waals surface area contributed by atoms with Crippen molar-refractivity contribution in [2.75, 3.05) is 7.11 Å². The summed E-state index contributed by atoms with van der Waals surface area (Å²) in [4.78, 5) is 19.9. The number of methoxy groups -OCH3 is 1. The minimum absolute atomic E-state index is 0.0965. The van der Waals surface area contributed by atoms with Crippen LogP contribution >= 0.6 is 11.3 Å². The van der Waals surface area contributed by atoms with E-state index in [1.807, 2.05) is 103 Å². The first-order valence-corrected chi connectivity index (χ1v) is 13.3. The van der Waals surface area contributed by atoms with Crippen molar-refractivity contribution < 1.29 is 9.53 Å². The van der Waals surface area contributed by atoms with Gasteiger partial charge in [-0.15, -0.1) is 21.5 Å². The fraction of sp³-hybridized carbons (Fsp3) is 0.0303. The number of rotatable bonds is 7. The molecule has 6 rings (SSSR count). The Kier molecular flexibility index (Phi) is 6.76. The summed E-state index contributed by atoms with van der Waals surface area (Å²) in [6, 6.07) is 37.0. The number of ketones is 1. The molecule has 2 aromatic heterocycles. The highest BCUT2D eigenvalue weighted by Crippen LogP contribution is 2.46. The molecule has 0 atom stereocenters. The summed E-state index contributed by atoms with van der Waals surface area (Å²) in [6.45, 7) is 0. The van der Waals surface area contributed by atoms with Crippen LogP contribution in [0.1, 0.15) is 20.8 Å². The molecule has 0 unspecified atom stereocenters. The van der Waals surface area contributed by atoms with Crippen molar-refractivity contribution in [3.8, 4) is 28.1 Å². The second-order valence-electron chi connectivity index (χ2n) is 8.84. The molecule has 0 bridgehead atoms. The lowest BCUT2D eigenvalue weighted by Gasteiger charge is -2.11. The molecule has 0 fully saturated rings. The van der Waals surface area contributed by atoms with Gasteiger partial charge in [0.05, 0.1) is 12.8 Å². The van der Waals surface area contributed by atoms with Gasteiger partial charge in [-0.2, -0.15) is 0 Å². The summed E-state index contributed by atoms with van der Waals surface area (Å²) in [5.41, 5.74) is 5.64. The van der Waals surface area contributed by atoms with Crippen LogP contribution in [0.3, 0.4) is 0 Å². The molecule has 0 spiro atoms. The number of ether oxygens (including phenoxy) is 1. The number of benzene rings is 4. The lowest BCUT2D eigenvalue weighted by molar-refractivity contribution is 0.104. The smallest absolute Gasteiger partial charge is 0.205 e. The van der Waals surface area contributed by atoms with Crippen molar-refractivity contribution in [2.45, 2.75) is 0 Å². The third-order valence-corrected chi connectivity index (χ3v) is 7.46. The quantitative estimate of drug-likeness (QED) is 0.156. The van der Waals surface area contributed by atoms with Crippen LogP contribution in [0.25, 0.3) is 32.6 Å². The molecule has 188 valence electrons. The molecule has 39 heavy (non-hydrogen) atoms. The molecule has 0 amide bonds. The van der Waals surface area contributed by atoms with Gasteiger partial charge in [0.1, 0.15) is 21.2 Å². The van der Waals surface area contributed by atoms with Gasteiger partial charge in [0.15, 0.2) is 0 Å². The molecule has 0 saturated carbocycles. The summed E-state index contributed by atoms with van der Waals surface area (Å²) < 4.78 is 5.29. The second kappa shape index (κ2) is 10.8. The Labute approximate surface area is 230 Å². The van der Waals surface area contributed by atoms with Crippen LogP contribution < -0.4 is 4.74 Å². The van der Waals surface area contributed by atoms with Crippen LogP contribution in [0.5, 0.6) is 5.75 Å². The van der Waals surface area contributed by atoms with Gasteiger partial charge in [0.25, 0.3) is 0 Å². The van der Waals surface area contributed by atoms with Crippen LogP contribution in [0.4, 0.5) is 5.69 Å². The predicted molar refractivity (Wildman–Crippen MR) is 158 cm³/mol. The second-order valence-corrected chi connectivity index (χ2v) is 9.84. The van der Waals surface area contributed by atoms with E-state index >= 15 is 0 Å². The Morgan fingerprint density at radius 1 is 0.769 bits per heavy atom. The van der Waals surface area contributed by atoms with E-state index in [0.29, 0.717) is 21.0 Å². The number of hydrogen-bond donors (Lipinski definition) is 0. The summed E-state index contributed by atoms with van der Waals surface area (Å²) >= 11 is 1.32. The number of thiophene rings is 1. The van der Waals surface area contributed by atoms with Gasteiger partial charge < -0.3 is 4.74 Å². The zero-order chi connectivity index (χ0) is 26.6. The fourth-order valence-corrected chi connectivity index (χ4v) is 5.52. The topological polar surface area (TPSA) is 64.4 Å². The van der Waals surface area contributed by atoms with E-state index in [-0.39, 0.29) is 5.78 Å². The average Bonchev–Trinajstić information content (AvgIpc) is 3.39. The van der Waals surface area contributed by atoms with Crippen molar-refractivity contribution in [3.05, 3.63) is 131 Å². The molecule has 0 aliphatic rings. The standard InChI is InChI=1S/C33H23N3O2S/c1-38-26-19-17-22(18-20-26)21-34-30-28-27(23-11-5-2-6-12-23)29(24-13-7-3-8-14-24)35-36-33(28)39-32(30)31(37)25-15-9-4-10-16-25/h2-21H,1H3. The zero-order valence-electron chi connectivity index (χ0n) is 21.1. The van der Waals surface area contributed by atoms with Gasteiger partial charge in [-0.05, 0) is 35.4 Å². The number of nitrogens with zero attached hydrogens (tertiary/aromatic N) is 3. The first-order valence-electron chi connectivity index (χ1n) is 12.4. The first kappa shape index (κ1) is 24.4. The third kappa shape index (κ3) is 4.85. The minimum Gasteiger partial charge on any atom is -0.497 e. The minimum atomic E-state index is -0.0965. The Balaban J connectivity index is 1.64. The van der Waals surface area contributed by atoms with Crippen molar-refractivity contribution in [1.82, 2.24) is 10.2 Å². The van der Waals surface area contributed by atoms with Crippen molar-refractivity contribution in [3.63, 3.8) is 0 Å². The Hall–Kier alpha value is -4.94. The van der Waals surface area contributed by atoms with Gasteiger partial charge in [-0.25, -0.2) is 0 Å². The van der Waals surface area contributed by atoms with E-state index in [1.54, 1.807) is 13.3 Å². The highest BCUT2D eigenvalue weighted by Gasteiger charge is 2.25. The van der Waals surface area contributed by atoms with E-state index in [1.165, 1.54) is 11.3 Å². The lowest BCUT2D eigenvalue weighted by atomic mass is 9.96. The maximum atomic E-state index is 13.8. The predicted octanol–water partition coefficient (Wildman–Crippen LogP) is 8.02. The maximum absolute atomic E-state index is 13.8. The maximum Gasteiger partial charge on any atom is 0.205 e. The molecule has 5 nitrogen and oxygen atoms in total. The van der Waals surface area contributed by atoms with Crippen LogP contribution in [-0.4, -0.2) is 29.3 Å². The molecule has 0 radical (unpaired) electrons. The number of aliphatic imine (C=N–C) groups is 1. The first-order chi connectivity index (χ1) is 19.2. The Morgan fingerprint density at radius 3 is 2.03 bits per heavy atom. The Bertz CT molecular complexity index is 1780. The van der Waals surface area contributed by atoms with Gasteiger partial charge in [-0.3, -0.25) is 9.79 Å². The van der Waals surface area contributed by atoms with Crippen LogP contribution in [0.2, 0.25) is 0 Å². The molecular weight excluding hydrogens is 502 g/mol. The number of hydrogen-bond acceptors (Lipinski definition) is 6. The fourth-order valence-electron chi connectivity index (χ4n) is 4.48. The van der Waals surface area contributed by atoms with E-state index in [2.05, 4.69) is 22.3 Å². The normalized spacial score (nSPS) is 11.2. The number of carbonyl (C=O) groups is 1. The zero-order valence-corrected chi connectivity index (χ0v) is 21.9. The van der Waals surface area contributed by atoms with Crippen LogP contribution in [0, 0.1) is 0 Å². The summed E-state index contributed by atoms with van der Waals surface area (Å²) in [5, 5.41) is 10.1. The number of carbonyl (C=O) groups excluding carboxylic acids is 1. The molecule has 6 heteroatoms. The molecule has 2 heterocycles. The molecule has 0 aliphatic carbocycles. The number of fused-ring (bicyclic) bond motifs is 1. The molecule has 0 saturated heterocycles. The van der Waals surface area contributed by atoms with Crippen molar-refractivity contribution in [2.24, 2.45) is 4.99 Å². The highest BCUT2D eigenvalue weighted by atomic mass is 32.1. The van der Waals surface area contributed by atoms with Gasteiger partial charge in [0.2, 0.25) is 5.78 Å². The molecule has 6 aromatic rings. The number of aromatic nitrogens is 2. The summed E-state index contributed by atoms with van der Waals surface area (Å²) in [7, 11) is 1.64. The molecule has 4 aromatic carbocycles. The summed E-state index contributed by atoms with van der Waals surface area (Å²) in [6.07, 6.45) is 1.78. The summed E-state index contributed by atoms with van der Waals surface area (Å²) in [5.74, 6) is 0.669. The Morgan fingerprint density at radius 2 is 1.38 bits per heavy atom. The largest absolute Gasteiger partial charge is 0.497 e. The van der Waals surface area contributed by atoms with Crippen LogP contribution in [-0.2, 0) is 0 Å². The van der Waals surface area contributed by atoms with Crippen LogP contribution in [0.15, 0.2) is 120 Å². The molecule has 0 aliphatic heterocycles. The average molecular weight is 526 g/mol. The van der Waals surface area contributed by atoms with Crippen molar-refractivity contribution in [1.29, 1.82) is 0 Å². The van der Waals surface area contributed by atoms with Gasteiger partial charge in [0, 0.05) is 28.3 Å². The third-order valence-electron chi connectivity index (χ3n) is 6.40. The molecule has 0 N–H and O–H groups in total. The highest BCUT2D eigenvalue weighted by molar-refractivity contribution is 7.21. The molecular formula is C33H23N3O2S. The monoisotopic (exact) mass is 525 g/mol. The van der Waals surface area contributed by atoms with E-state index in [4.69, 9.17) is 9.73 Å². The SMILES string of the molecule is COc1ccc(C=Nc2c(C(=O)c3ccccc3)sc3nnc(-c4ccccc4)c(-c4ccccc4)c23)cc1. The van der Waals surface area contributed by atoms with Gasteiger partial charge in [-0.1, -0.05) is 91.0 Å². The van der Waals surface area contributed by atoms with Crippen molar-refractivity contribution >= 4 is 39.2 Å². The van der Waals surface area contributed by atoms with E-state index in [9.17, 15) is 4.79 Å². The lowest BCUT2D eigenvalue weighted by Crippen LogP contribution is -1.98. The van der Waals surface area contributed by atoms with Gasteiger partial charge >= 0.3 is 0 Å². The van der Waals surface area contributed by atoms with E-state index in [0.717, 1.165) is 39.1 Å². The van der Waals surface area contributed by atoms with E-state index < -0.39 is 0 Å².